The van der Waals surface area contributed by atoms with E-state index in [0.29, 0.717) is 24.3 Å². The van der Waals surface area contributed by atoms with E-state index in [1.165, 1.54) is 0 Å². The molecule has 0 saturated heterocycles. The van der Waals surface area contributed by atoms with Gasteiger partial charge in [-0.05, 0) is 31.0 Å². The zero-order valence-electron chi connectivity index (χ0n) is 12.7. The van der Waals surface area contributed by atoms with Crippen molar-refractivity contribution in [3.63, 3.8) is 0 Å². The number of hydrogen-bond acceptors (Lipinski definition) is 2. The lowest BCUT2D eigenvalue weighted by molar-refractivity contribution is 0.0818. The molecule has 0 spiro atoms. The molecule has 0 aliphatic heterocycles. The van der Waals surface area contributed by atoms with Crippen LogP contribution < -0.4 is 15.4 Å². The largest absolute Gasteiger partial charge is 0.488 e. The molecule has 118 valence electrons. The molecule has 1 aromatic rings. The van der Waals surface area contributed by atoms with E-state index in [-0.39, 0.29) is 0 Å². The van der Waals surface area contributed by atoms with E-state index >= 15 is 0 Å². The Morgan fingerprint density at radius 3 is 2.76 bits per heavy atom. The molecular formula is C15H23F2N3O. The number of halogens is 2. The van der Waals surface area contributed by atoms with Crippen molar-refractivity contribution in [3.05, 3.63) is 29.8 Å². The first-order valence-electron chi connectivity index (χ1n) is 7.02. The molecule has 4 nitrogen and oxygen atoms in total. The minimum atomic E-state index is -2.47. The number of nitrogens with zero attached hydrogens (tertiary/aromatic N) is 1. The summed E-state index contributed by atoms with van der Waals surface area (Å²) in [5.74, 6) is 1.16. The lowest BCUT2D eigenvalue weighted by atomic mass is 10.2. The van der Waals surface area contributed by atoms with Gasteiger partial charge >= 0.3 is 0 Å². The number of ether oxygens (including phenoxy) is 1. The van der Waals surface area contributed by atoms with Gasteiger partial charge < -0.3 is 15.4 Å². The number of alkyl halides is 2. The van der Waals surface area contributed by atoms with E-state index in [4.69, 9.17) is 4.74 Å². The Labute approximate surface area is 124 Å². The Morgan fingerprint density at radius 1 is 1.38 bits per heavy atom. The fraction of sp³-hybridized carbons (Fsp3) is 0.533. The average Bonchev–Trinajstić information content (AvgIpc) is 2.49. The molecule has 1 rings (SSSR count). The molecular weight excluding hydrogens is 276 g/mol. The van der Waals surface area contributed by atoms with Crippen LogP contribution in [0.25, 0.3) is 0 Å². The van der Waals surface area contributed by atoms with Crippen molar-refractivity contribution in [2.75, 3.05) is 13.7 Å². The van der Waals surface area contributed by atoms with Gasteiger partial charge in [0.25, 0.3) is 6.43 Å². The Bertz CT molecular complexity index is 452. The number of hydrogen-bond donors (Lipinski definition) is 2. The Hall–Kier alpha value is -1.85. The van der Waals surface area contributed by atoms with Crippen LogP contribution in [0, 0.1) is 0 Å². The van der Waals surface area contributed by atoms with Gasteiger partial charge in [-0.3, -0.25) is 4.99 Å². The van der Waals surface area contributed by atoms with Crippen LogP contribution in [-0.4, -0.2) is 32.1 Å². The monoisotopic (exact) mass is 299 g/mol. The van der Waals surface area contributed by atoms with E-state index in [9.17, 15) is 8.78 Å². The van der Waals surface area contributed by atoms with Crippen molar-refractivity contribution in [2.24, 2.45) is 4.99 Å². The van der Waals surface area contributed by atoms with Crippen LogP contribution in [0.15, 0.2) is 29.3 Å². The normalized spacial score (nSPS) is 13.1. The van der Waals surface area contributed by atoms with Crippen molar-refractivity contribution in [1.29, 1.82) is 0 Å². The summed E-state index contributed by atoms with van der Waals surface area (Å²) in [5, 5.41) is 6.43. The Morgan fingerprint density at radius 2 is 2.14 bits per heavy atom. The summed E-state index contributed by atoms with van der Waals surface area (Å²) in [6.45, 7) is 4.12. The summed E-state index contributed by atoms with van der Waals surface area (Å²) in [7, 11) is 1.71. The molecule has 1 unspecified atom stereocenters. The first kappa shape index (κ1) is 17.2. The lowest BCUT2D eigenvalue weighted by Gasteiger charge is -2.16. The number of benzene rings is 1. The highest BCUT2D eigenvalue weighted by molar-refractivity contribution is 5.79. The summed E-state index contributed by atoms with van der Waals surface area (Å²) < 4.78 is 29.2. The molecule has 0 fully saturated rings. The molecule has 1 atom stereocenters. The Kier molecular flexibility index (Phi) is 7.50. The van der Waals surface area contributed by atoms with E-state index in [1.54, 1.807) is 25.2 Å². The van der Waals surface area contributed by atoms with Crippen LogP contribution in [-0.2, 0) is 6.54 Å². The van der Waals surface area contributed by atoms with Gasteiger partial charge in [-0.2, -0.15) is 0 Å². The fourth-order valence-corrected chi connectivity index (χ4v) is 1.62. The second-order valence-electron chi connectivity index (χ2n) is 4.73. The predicted molar refractivity (Wildman–Crippen MR) is 81.0 cm³/mol. The third-order valence-electron chi connectivity index (χ3n) is 2.95. The maximum absolute atomic E-state index is 12.1. The highest BCUT2D eigenvalue weighted by atomic mass is 19.3. The quantitative estimate of drug-likeness (QED) is 0.601. The molecule has 0 heterocycles. The minimum absolute atomic E-state index is 0.330. The number of guanidine groups is 1. The molecule has 1 aromatic carbocycles. The summed E-state index contributed by atoms with van der Waals surface area (Å²) in [6, 6.07) is 7.42. The summed E-state index contributed by atoms with van der Waals surface area (Å²) in [6.07, 6.45) is -1.47. The van der Waals surface area contributed by atoms with Crippen molar-refractivity contribution in [3.8, 4) is 5.75 Å². The molecule has 0 aromatic heterocycles. The molecule has 0 amide bonds. The SMILES string of the molecule is CCC(C)NC(=NC)NCc1cccc(OCC(F)F)c1. The molecule has 0 saturated carbocycles. The zero-order valence-corrected chi connectivity index (χ0v) is 12.7. The topological polar surface area (TPSA) is 45.7 Å². The smallest absolute Gasteiger partial charge is 0.272 e. The maximum Gasteiger partial charge on any atom is 0.272 e. The van der Waals surface area contributed by atoms with Crippen LogP contribution in [0.1, 0.15) is 25.8 Å². The first-order chi connectivity index (χ1) is 10.0. The third kappa shape index (κ3) is 6.92. The summed E-state index contributed by atoms with van der Waals surface area (Å²) in [4.78, 5) is 4.14. The van der Waals surface area contributed by atoms with Gasteiger partial charge in [0.05, 0.1) is 0 Å². The molecule has 0 bridgehead atoms. The van der Waals surface area contributed by atoms with Crippen LogP contribution in [0.4, 0.5) is 8.78 Å². The highest BCUT2D eigenvalue weighted by Crippen LogP contribution is 2.14. The standard InChI is InChI=1S/C15H23F2N3O/c1-4-11(2)20-15(18-3)19-9-12-6-5-7-13(8-12)21-10-14(16)17/h5-8,11,14H,4,9-10H2,1-3H3,(H2,18,19,20). The summed E-state index contributed by atoms with van der Waals surface area (Å²) in [5.41, 5.74) is 0.939. The van der Waals surface area contributed by atoms with Gasteiger partial charge in [0.1, 0.15) is 12.4 Å². The molecule has 2 N–H and O–H groups in total. The molecule has 6 heteroatoms. The third-order valence-corrected chi connectivity index (χ3v) is 2.95. The fourth-order valence-electron chi connectivity index (χ4n) is 1.62. The van der Waals surface area contributed by atoms with Gasteiger partial charge in [-0.15, -0.1) is 0 Å². The van der Waals surface area contributed by atoms with Crippen LogP contribution in [0.3, 0.4) is 0 Å². The predicted octanol–water partition coefficient (Wildman–Crippen LogP) is 2.79. The zero-order chi connectivity index (χ0) is 15.7. The van der Waals surface area contributed by atoms with E-state index < -0.39 is 13.0 Å². The van der Waals surface area contributed by atoms with E-state index in [2.05, 4.69) is 29.5 Å². The minimum Gasteiger partial charge on any atom is -0.488 e. The lowest BCUT2D eigenvalue weighted by Crippen LogP contribution is -2.41. The van der Waals surface area contributed by atoms with Gasteiger partial charge in [0.15, 0.2) is 5.96 Å². The number of rotatable bonds is 7. The molecule has 0 aliphatic carbocycles. The van der Waals surface area contributed by atoms with Gasteiger partial charge in [0, 0.05) is 19.6 Å². The van der Waals surface area contributed by atoms with Crippen molar-refractivity contribution in [2.45, 2.75) is 39.3 Å². The molecule has 0 aliphatic rings. The van der Waals surface area contributed by atoms with Gasteiger partial charge in [-0.25, -0.2) is 8.78 Å². The second kappa shape index (κ2) is 9.15. The van der Waals surface area contributed by atoms with Crippen molar-refractivity contribution >= 4 is 5.96 Å². The van der Waals surface area contributed by atoms with Gasteiger partial charge in [0.2, 0.25) is 0 Å². The highest BCUT2D eigenvalue weighted by Gasteiger charge is 2.05. The van der Waals surface area contributed by atoms with Crippen molar-refractivity contribution < 1.29 is 13.5 Å². The van der Waals surface area contributed by atoms with Gasteiger partial charge in [-0.1, -0.05) is 19.1 Å². The summed E-state index contributed by atoms with van der Waals surface area (Å²) >= 11 is 0. The van der Waals surface area contributed by atoms with Crippen LogP contribution in [0.5, 0.6) is 5.75 Å². The second-order valence-corrected chi connectivity index (χ2v) is 4.73. The van der Waals surface area contributed by atoms with Crippen LogP contribution in [0.2, 0.25) is 0 Å². The molecule has 0 radical (unpaired) electrons. The van der Waals surface area contributed by atoms with Crippen molar-refractivity contribution in [1.82, 2.24) is 10.6 Å². The number of nitrogens with one attached hydrogen (secondary N) is 2. The van der Waals surface area contributed by atoms with E-state index in [1.807, 2.05) is 6.07 Å². The maximum atomic E-state index is 12.1. The van der Waals surface area contributed by atoms with E-state index in [0.717, 1.165) is 12.0 Å². The van der Waals surface area contributed by atoms with Crippen LogP contribution >= 0.6 is 0 Å². The molecule has 21 heavy (non-hydrogen) atoms. The average molecular weight is 299 g/mol. The number of aliphatic imine (C=N–C) groups is 1. The first-order valence-corrected chi connectivity index (χ1v) is 7.02. The Balaban J connectivity index is 2.52.